The van der Waals surface area contributed by atoms with Crippen molar-refractivity contribution in [2.75, 3.05) is 11.9 Å². The van der Waals surface area contributed by atoms with Crippen molar-refractivity contribution in [2.24, 2.45) is 5.73 Å². The summed E-state index contributed by atoms with van der Waals surface area (Å²) >= 11 is 1.41. The first kappa shape index (κ1) is 19.3. The number of nitrogens with zero attached hydrogens (tertiary/aromatic N) is 3. The Labute approximate surface area is 168 Å². The number of rotatable bonds is 6. The fourth-order valence-corrected chi connectivity index (χ4v) is 3.66. The highest BCUT2D eigenvalue weighted by atomic mass is 32.1. The van der Waals surface area contributed by atoms with Gasteiger partial charge in [-0.3, -0.25) is 5.10 Å². The Balaban J connectivity index is 1.34. The van der Waals surface area contributed by atoms with Gasteiger partial charge in [-0.15, -0.1) is 10.2 Å². The van der Waals surface area contributed by atoms with Crippen LogP contribution in [-0.2, 0) is 12.6 Å². The van der Waals surface area contributed by atoms with Gasteiger partial charge < -0.3 is 11.1 Å². The average molecular weight is 418 g/mol. The van der Waals surface area contributed by atoms with Crippen LogP contribution in [0.3, 0.4) is 0 Å². The largest absolute Gasteiger partial charge is 0.416 e. The van der Waals surface area contributed by atoms with Crippen LogP contribution in [-0.4, -0.2) is 33.0 Å². The maximum Gasteiger partial charge on any atom is 0.416 e. The van der Waals surface area contributed by atoms with E-state index in [0.29, 0.717) is 18.1 Å². The molecule has 0 unspecified atom stereocenters. The van der Waals surface area contributed by atoms with Gasteiger partial charge in [-0.05, 0) is 42.3 Å². The molecule has 4 aromatic rings. The SMILES string of the molecule is N[C@@H](CNc1nnc(-c2ccc3[nH]ncc3c2)s1)Cc1ccc(C(F)(F)F)cc1. The predicted molar refractivity (Wildman–Crippen MR) is 107 cm³/mol. The molecule has 0 amide bonds. The van der Waals surface area contributed by atoms with Crippen molar-refractivity contribution in [3.05, 3.63) is 59.8 Å². The molecular formula is C19H17F3N6S. The van der Waals surface area contributed by atoms with E-state index >= 15 is 0 Å². The van der Waals surface area contributed by atoms with Gasteiger partial charge in [-0.1, -0.05) is 23.5 Å². The van der Waals surface area contributed by atoms with Gasteiger partial charge in [0.25, 0.3) is 0 Å². The van der Waals surface area contributed by atoms with Gasteiger partial charge in [0.05, 0.1) is 17.3 Å². The molecule has 0 fully saturated rings. The minimum atomic E-state index is -4.33. The zero-order chi connectivity index (χ0) is 20.4. The van der Waals surface area contributed by atoms with Crippen molar-refractivity contribution in [1.29, 1.82) is 0 Å². The number of nitrogens with two attached hydrogens (primary N) is 1. The molecule has 2 aromatic heterocycles. The Morgan fingerprint density at radius 2 is 1.90 bits per heavy atom. The maximum absolute atomic E-state index is 12.6. The molecule has 0 saturated carbocycles. The molecule has 2 aromatic carbocycles. The molecule has 1 atom stereocenters. The molecule has 4 rings (SSSR count). The van der Waals surface area contributed by atoms with E-state index in [2.05, 4.69) is 25.7 Å². The monoisotopic (exact) mass is 418 g/mol. The standard InChI is InChI=1S/C19H17F3N6S/c20-19(21,22)14-4-1-11(2-5-14)7-15(23)10-24-18-28-27-17(29-18)12-3-6-16-13(8-12)9-25-26-16/h1-6,8-9,15H,7,10,23H2,(H,24,28)(H,25,26)/t15-/m1/s1. The topological polar surface area (TPSA) is 92.5 Å². The molecule has 150 valence electrons. The maximum atomic E-state index is 12.6. The molecule has 0 saturated heterocycles. The normalized spacial score (nSPS) is 13.0. The van der Waals surface area contributed by atoms with E-state index in [-0.39, 0.29) is 6.04 Å². The number of aromatic amines is 1. The second-order valence-corrected chi connectivity index (χ2v) is 7.60. The minimum Gasteiger partial charge on any atom is -0.359 e. The minimum absolute atomic E-state index is 0.277. The number of benzene rings is 2. The van der Waals surface area contributed by atoms with Gasteiger partial charge >= 0.3 is 6.18 Å². The van der Waals surface area contributed by atoms with Crippen molar-refractivity contribution >= 4 is 27.4 Å². The Hall–Kier alpha value is -2.98. The van der Waals surface area contributed by atoms with Crippen molar-refractivity contribution in [1.82, 2.24) is 20.4 Å². The summed E-state index contributed by atoms with van der Waals surface area (Å²) in [4.78, 5) is 0. The van der Waals surface area contributed by atoms with Gasteiger partial charge in [-0.2, -0.15) is 18.3 Å². The fraction of sp³-hybridized carbons (Fsp3) is 0.211. The summed E-state index contributed by atoms with van der Waals surface area (Å²) in [6.45, 7) is 0.427. The van der Waals surface area contributed by atoms with Gasteiger partial charge in [0.2, 0.25) is 5.13 Å². The van der Waals surface area contributed by atoms with Crippen molar-refractivity contribution in [3.63, 3.8) is 0 Å². The summed E-state index contributed by atoms with van der Waals surface area (Å²) in [5.74, 6) is 0. The van der Waals surface area contributed by atoms with Crippen LogP contribution < -0.4 is 11.1 Å². The van der Waals surface area contributed by atoms with E-state index in [1.54, 1.807) is 6.20 Å². The zero-order valence-corrected chi connectivity index (χ0v) is 15.9. The first-order valence-electron chi connectivity index (χ1n) is 8.81. The second kappa shape index (κ2) is 7.80. The molecule has 10 heteroatoms. The van der Waals surface area contributed by atoms with Crippen LogP contribution >= 0.6 is 11.3 Å². The number of hydrogen-bond acceptors (Lipinski definition) is 6. The van der Waals surface area contributed by atoms with Crippen LogP contribution in [0.4, 0.5) is 18.3 Å². The number of nitrogens with one attached hydrogen (secondary N) is 2. The summed E-state index contributed by atoms with van der Waals surface area (Å²) in [6, 6.07) is 10.6. The van der Waals surface area contributed by atoms with Gasteiger partial charge in [0, 0.05) is 23.5 Å². The number of aromatic nitrogens is 4. The van der Waals surface area contributed by atoms with E-state index in [1.165, 1.54) is 23.5 Å². The van der Waals surface area contributed by atoms with Crippen molar-refractivity contribution in [2.45, 2.75) is 18.6 Å². The highest BCUT2D eigenvalue weighted by Gasteiger charge is 2.29. The lowest BCUT2D eigenvalue weighted by Gasteiger charge is -2.13. The van der Waals surface area contributed by atoms with Gasteiger partial charge in [-0.25, -0.2) is 0 Å². The molecule has 0 aliphatic carbocycles. The molecule has 2 heterocycles. The van der Waals surface area contributed by atoms with Crippen LogP contribution in [0.1, 0.15) is 11.1 Å². The Morgan fingerprint density at radius 3 is 2.66 bits per heavy atom. The van der Waals surface area contributed by atoms with Crippen LogP contribution in [0, 0.1) is 0 Å². The molecule has 4 N–H and O–H groups in total. The van der Waals surface area contributed by atoms with E-state index in [0.717, 1.165) is 39.2 Å². The first-order chi connectivity index (χ1) is 13.9. The third-order valence-corrected chi connectivity index (χ3v) is 5.34. The quantitative estimate of drug-likeness (QED) is 0.439. The van der Waals surface area contributed by atoms with Crippen molar-refractivity contribution in [3.8, 4) is 10.6 Å². The number of halogens is 3. The highest BCUT2D eigenvalue weighted by Crippen LogP contribution is 2.30. The molecule has 0 radical (unpaired) electrons. The van der Waals surface area contributed by atoms with Crippen LogP contribution in [0.15, 0.2) is 48.7 Å². The lowest BCUT2D eigenvalue weighted by atomic mass is 10.0. The van der Waals surface area contributed by atoms with Crippen LogP contribution in [0.2, 0.25) is 0 Å². The molecule has 0 aliphatic rings. The van der Waals surface area contributed by atoms with E-state index in [4.69, 9.17) is 5.73 Å². The number of anilines is 1. The fourth-order valence-electron chi connectivity index (χ4n) is 2.91. The predicted octanol–water partition coefficient (Wildman–Crippen LogP) is 4.08. The zero-order valence-electron chi connectivity index (χ0n) is 15.1. The lowest BCUT2D eigenvalue weighted by molar-refractivity contribution is -0.137. The summed E-state index contributed by atoms with van der Waals surface area (Å²) in [6.07, 6.45) is -2.13. The van der Waals surface area contributed by atoms with Crippen LogP contribution in [0.5, 0.6) is 0 Å². The molecule has 0 aliphatic heterocycles. The number of hydrogen-bond donors (Lipinski definition) is 3. The van der Waals surface area contributed by atoms with E-state index in [9.17, 15) is 13.2 Å². The first-order valence-corrected chi connectivity index (χ1v) is 9.63. The number of fused-ring (bicyclic) bond motifs is 1. The molecule has 0 spiro atoms. The Bertz CT molecular complexity index is 1100. The molecular weight excluding hydrogens is 401 g/mol. The summed E-state index contributed by atoms with van der Waals surface area (Å²) in [5.41, 5.74) is 8.08. The van der Waals surface area contributed by atoms with E-state index in [1.807, 2.05) is 18.2 Å². The number of alkyl halides is 3. The third-order valence-electron chi connectivity index (χ3n) is 4.41. The smallest absolute Gasteiger partial charge is 0.359 e. The summed E-state index contributed by atoms with van der Waals surface area (Å²) in [7, 11) is 0. The van der Waals surface area contributed by atoms with E-state index < -0.39 is 11.7 Å². The third kappa shape index (κ3) is 4.54. The van der Waals surface area contributed by atoms with Crippen molar-refractivity contribution < 1.29 is 13.2 Å². The molecule has 6 nitrogen and oxygen atoms in total. The lowest BCUT2D eigenvalue weighted by Crippen LogP contribution is -2.31. The average Bonchev–Trinajstić information content (AvgIpc) is 3.35. The second-order valence-electron chi connectivity index (χ2n) is 6.62. The van der Waals surface area contributed by atoms with Gasteiger partial charge in [0.1, 0.15) is 5.01 Å². The van der Waals surface area contributed by atoms with Crippen LogP contribution in [0.25, 0.3) is 21.5 Å². The van der Waals surface area contributed by atoms with Gasteiger partial charge in [0.15, 0.2) is 0 Å². The summed E-state index contributed by atoms with van der Waals surface area (Å²) in [5, 5.41) is 20.8. The Kier molecular flexibility index (Phi) is 5.20. The highest BCUT2D eigenvalue weighted by molar-refractivity contribution is 7.18. The molecule has 0 bridgehead atoms. The number of H-pyrrole nitrogens is 1. The Morgan fingerprint density at radius 1 is 1.10 bits per heavy atom. The molecule has 29 heavy (non-hydrogen) atoms. The summed E-state index contributed by atoms with van der Waals surface area (Å²) < 4.78 is 37.9.